The summed E-state index contributed by atoms with van der Waals surface area (Å²) < 4.78 is 1.72. The molecule has 0 aromatic carbocycles. The van der Waals surface area contributed by atoms with Crippen molar-refractivity contribution < 1.29 is 9.90 Å². The minimum absolute atomic E-state index is 0.0260. The third-order valence-electron chi connectivity index (χ3n) is 3.48. The molecule has 0 saturated carbocycles. The van der Waals surface area contributed by atoms with Gasteiger partial charge in [0.1, 0.15) is 0 Å². The van der Waals surface area contributed by atoms with Crippen molar-refractivity contribution in [3.05, 3.63) is 11.4 Å². The van der Waals surface area contributed by atoms with Gasteiger partial charge in [0.2, 0.25) is 5.91 Å². The molecule has 1 heterocycles. The highest BCUT2D eigenvalue weighted by Gasteiger charge is 2.16. The third kappa shape index (κ3) is 5.02. The van der Waals surface area contributed by atoms with Crippen LogP contribution >= 0.6 is 0 Å². The second-order valence-electron chi connectivity index (χ2n) is 5.20. The van der Waals surface area contributed by atoms with Crippen molar-refractivity contribution in [1.29, 1.82) is 0 Å². The minimum atomic E-state index is -0.600. The van der Waals surface area contributed by atoms with E-state index in [1.807, 2.05) is 32.6 Å². The summed E-state index contributed by atoms with van der Waals surface area (Å²) in [4.78, 5) is 13.5. The minimum Gasteiger partial charge on any atom is -0.396 e. The molecule has 0 aliphatic heterocycles. The molecule has 0 bridgehead atoms. The summed E-state index contributed by atoms with van der Waals surface area (Å²) in [5.41, 5.74) is 8.17. The smallest absolute Gasteiger partial charge is 0.234 e. The number of aliphatic hydroxyl groups is 1. The lowest BCUT2D eigenvalue weighted by atomic mass is 10.3. The van der Waals surface area contributed by atoms with Crippen molar-refractivity contribution in [3.63, 3.8) is 0 Å². The van der Waals surface area contributed by atoms with E-state index in [1.54, 1.807) is 4.68 Å². The number of nitrogens with two attached hydrogens (primary N) is 1. The Bertz CT molecular complexity index is 472. The van der Waals surface area contributed by atoms with Crippen LogP contribution in [0.5, 0.6) is 0 Å². The first-order valence-electron chi connectivity index (χ1n) is 7.35. The number of likely N-dealkylation sites (N-methyl/N-ethyl adjacent to an activating group) is 2. The summed E-state index contributed by atoms with van der Waals surface area (Å²) in [6, 6.07) is 0. The zero-order chi connectivity index (χ0) is 16.0. The van der Waals surface area contributed by atoms with Crippen LogP contribution in [0.4, 0.5) is 5.69 Å². The quantitative estimate of drug-likeness (QED) is 0.623. The first-order chi connectivity index (χ1) is 9.88. The number of hydrogen-bond acceptors (Lipinski definition) is 5. The molecule has 1 atom stereocenters. The summed E-state index contributed by atoms with van der Waals surface area (Å²) in [6.07, 6.45) is -0.600. The van der Waals surface area contributed by atoms with Crippen LogP contribution in [0.2, 0.25) is 0 Å². The van der Waals surface area contributed by atoms with Gasteiger partial charge in [0, 0.05) is 13.1 Å². The highest BCUT2D eigenvalue weighted by Crippen LogP contribution is 2.15. The number of carbonyl (C=O) groups excluding carboxylic acids is 1. The van der Waals surface area contributed by atoms with Crippen LogP contribution in [0, 0.1) is 13.8 Å². The Hall–Kier alpha value is -1.60. The standard InChI is InChI=1S/C14H27N5O2/c1-5-16-13(21)9-18(6-2)7-12(20)8-19-11(4)14(15)10(3)17-19/h12,20H,5-9,15H2,1-4H3,(H,16,21). The number of hydrogen-bond donors (Lipinski definition) is 3. The van der Waals surface area contributed by atoms with Crippen LogP contribution < -0.4 is 11.1 Å². The van der Waals surface area contributed by atoms with E-state index in [2.05, 4.69) is 10.4 Å². The van der Waals surface area contributed by atoms with Gasteiger partial charge in [-0.05, 0) is 27.3 Å². The second-order valence-corrected chi connectivity index (χ2v) is 5.20. The number of amides is 1. The van der Waals surface area contributed by atoms with Crippen LogP contribution in [-0.2, 0) is 11.3 Å². The van der Waals surface area contributed by atoms with Gasteiger partial charge in [0.05, 0.1) is 36.3 Å². The molecular formula is C14H27N5O2. The number of aryl methyl sites for hydroxylation is 1. The van der Waals surface area contributed by atoms with E-state index in [1.165, 1.54) is 0 Å². The van der Waals surface area contributed by atoms with E-state index in [0.29, 0.717) is 38.4 Å². The maximum absolute atomic E-state index is 11.6. The van der Waals surface area contributed by atoms with E-state index in [4.69, 9.17) is 5.73 Å². The summed E-state index contributed by atoms with van der Waals surface area (Å²) in [5.74, 6) is -0.0260. The predicted octanol–water partition coefficient (Wildman–Crippen LogP) is -0.0990. The Kier molecular flexibility index (Phi) is 6.64. The number of aromatic nitrogens is 2. The Labute approximate surface area is 126 Å². The van der Waals surface area contributed by atoms with Crippen LogP contribution in [0.1, 0.15) is 25.2 Å². The number of carbonyl (C=O) groups is 1. The van der Waals surface area contributed by atoms with Crippen molar-refractivity contribution in [2.45, 2.75) is 40.3 Å². The SMILES string of the molecule is CCNC(=O)CN(CC)CC(O)Cn1nc(C)c(N)c1C. The number of aliphatic hydroxyl groups excluding tert-OH is 1. The fraction of sp³-hybridized carbons (Fsp3) is 0.714. The lowest BCUT2D eigenvalue weighted by molar-refractivity contribution is -0.122. The van der Waals surface area contributed by atoms with Gasteiger partial charge in [-0.25, -0.2) is 0 Å². The number of nitrogens with one attached hydrogen (secondary N) is 1. The average molecular weight is 297 g/mol. The Morgan fingerprint density at radius 2 is 2.14 bits per heavy atom. The normalized spacial score (nSPS) is 12.7. The van der Waals surface area contributed by atoms with E-state index >= 15 is 0 Å². The predicted molar refractivity (Wildman–Crippen MR) is 82.9 cm³/mol. The molecule has 0 aliphatic carbocycles. The molecule has 0 aliphatic rings. The van der Waals surface area contributed by atoms with E-state index in [9.17, 15) is 9.90 Å². The molecule has 0 saturated heterocycles. The van der Waals surface area contributed by atoms with Crippen LogP contribution in [0.25, 0.3) is 0 Å². The topological polar surface area (TPSA) is 96.4 Å². The van der Waals surface area contributed by atoms with Gasteiger partial charge in [-0.3, -0.25) is 14.4 Å². The van der Waals surface area contributed by atoms with Crippen molar-refractivity contribution in [1.82, 2.24) is 20.0 Å². The van der Waals surface area contributed by atoms with Crippen LogP contribution in [0.3, 0.4) is 0 Å². The molecule has 7 heteroatoms. The molecule has 1 unspecified atom stereocenters. The third-order valence-corrected chi connectivity index (χ3v) is 3.48. The summed E-state index contributed by atoms with van der Waals surface area (Å²) in [5, 5.41) is 17.3. The Morgan fingerprint density at radius 3 is 2.62 bits per heavy atom. The van der Waals surface area contributed by atoms with Crippen LogP contribution in [-0.4, -0.2) is 58.0 Å². The van der Waals surface area contributed by atoms with Crippen molar-refractivity contribution in [2.24, 2.45) is 0 Å². The molecule has 1 amide bonds. The fourth-order valence-corrected chi connectivity index (χ4v) is 2.21. The molecule has 1 rings (SSSR count). The number of nitrogen functional groups attached to an aromatic ring is 1. The van der Waals surface area contributed by atoms with Gasteiger partial charge in [0.25, 0.3) is 0 Å². The van der Waals surface area contributed by atoms with Gasteiger partial charge in [-0.1, -0.05) is 6.92 Å². The first-order valence-corrected chi connectivity index (χ1v) is 7.35. The molecule has 0 radical (unpaired) electrons. The van der Waals surface area contributed by atoms with Gasteiger partial charge < -0.3 is 16.2 Å². The molecule has 7 nitrogen and oxygen atoms in total. The monoisotopic (exact) mass is 297 g/mol. The van der Waals surface area contributed by atoms with Gasteiger partial charge in [-0.2, -0.15) is 5.10 Å². The van der Waals surface area contributed by atoms with Gasteiger partial charge >= 0.3 is 0 Å². The van der Waals surface area contributed by atoms with Gasteiger partial charge in [0.15, 0.2) is 0 Å². The molecular weight excluding hydrogens is 270 g/mol. The Morgan fingerprint density at radius 1 is 1.48 bits per heavy atom. The molecule has 0 fully saturated rings. The maximum Gasteiger partial charge on any atom is 0.234 e. The second kappa shape index (κ2) is 7.99. The lowest BCUT2D eigenvalue weighted by Gasteiger charge is -2.23. The maximum atomic E-state index is 11.6. The number of anilines is 1. The molecule has 21 heavy (non-hydrogen) atoms. The molecule has 120 valence electrons. The van der Waals surface area contributed by atoms with Crippen molar-refractivity contribution in [3.8, 4) is 0 Å². The van der Waals surface area contributed by atoms with Crippen molar-refractivity contribution in [2.75, 3.05) is 31.9 Å². The Balaban J connectivity index is 2.56. The highest BCUT2D eigenvalue weighted by atomic mass is 16.3. The molecule has 0 spiro atoms. The fourth-order valence-electron chi connectivity index (χ4n) is 2.21. The highest BCUT2D eigenvalue weighted by molar-refractivity contribution is 5.77. The summed E-state index contributed by atoms with van der Waals surface area (Å²) in [7, 11) is 0. The summed E-state index contributed by atoms with van der Waals surface area (Å²) in [6.45, 7) is 9.98. The van der Waals surface area contributed by atoms with E-state index in [-0.39, 0.29) is 5.91 Å². The zero-order valence-corrected chi connectivity index (χ0v) is 13.4. The molecule has 1 aromatic rings. The number of rotatable bonds is 8. The van der Waals surface area contributed by atoms with Gasteiger partial charge in [-0.15, -0.1) is 0 Å². The van der Waals surface area contributed by atoms with Crippen LogP contribution in [0.15, 0.2) is 0 Å². The number of nitrogens with zero attached hydrogens (tertiary/aromatic N) is 3. The van der Waals surface area contributed by atoms with E-state index in [0.717, 1.165) is 11.4 Å². The largest absolute Gasteiger partial charge is 0.396 e. The average Bonchev–Trinajstić information content (AvgIpc) is 2.65. The summed E-state index contributed by atoms with van der Waals surface area (Å²) >= 11 is 0. The lowest BCUT2D eigenvalue weighted by Crippen LogP contribution is -2.41. The first kappa shape index (κ1) is 17.5. The molecule has 1 aromatic heterocycles. The zero-order valence-electron chi connectivity index (χ0n) is 13.4. The van der Waals surface area contributed by atoms with Crippen molar-refractivity contribution >= 4 is 11.6 Å². The van der Waals surface area contributed by atoms with E-state index < -0.39 is 6.10 Å². The molecule has 4 N–H and O–H groups in total.